The van der Waals surface area contributed by atoms with Gasteiger partial charge in [0.05, 0.1) is 0 Å². The van der Waals surface area contributed by atoms with Crippen molar-refractivity contribution in [1.82, 2.24) is 9.80 Å². The number of amides is 1. The van der Waals surface area contributed by atoms with E-state index in [9.17, 15) is 9.18 Å². The highest BCUT2D eigenvalue weighted by molar-refractivity contribution is 5.92. The average molecular weight is 378 g/mol. The van der Waals surface area contributed by atoms with Gasteiger partial charge in [0.25, 0.3) is 5.91 Å². The molecule has 1 amide bonds. The van der Waals surface area contributed by atoms with Gasteiger partial charge in [0.15, 0.2) is 5.76 Å². The van der Waals surface area contributed by atoms with Gasteiger partial charge in [-0.3, -0.25) is 9.69 Å². The van der Waals surface area contributed by atoms with E-state index in [2.05, 4.69) is 36.1 Å². The highest BCUT2D eigenvalue weighted by Gasteiger charge is 2.24. The van der Waals surface area contributed by atoms with Crippen LogP contribution in [-0.2, 0) is 6.54 Å². The summed E-state index contributed by atoms with van der Waals surface area (Å²) in [7, 11) is 0. The molecule has 1 aromatic heterocycles. The van der Waals surface area contributed by atoms with Crippen molar-refractivity contribution >= 4 is 5.91 Å². The lowest BCUT2D eigenvalue weighted by Crippen LogP contribution is -2.48. The molecule has 0 bridgehead atoms. The Labute approximate surface area is 164 Å². The van der Waals surface area contributed by atoms with Crippen molar-refractivity contribution in [3.05, 3.63) is 83.4 Å². The van der Waals surface area contributed by atoms with Crippen LogP contribution < -0.4 is 0 Å². The van der Waals surface area contributed by atoms with E-state index < -0.39 is 0 Å². The van der Waals surface area contributed by atoms with Crippen molar-refractivity contribution in [2.24, 2.45) is 0 Å². The molecule has 0 saturated carbocycles. The van der Waals surface area contributed by atoms with Crippen LogP contribution in [0.15, 0.2) is 65.1 Å². The van der Waals surface area contributed by atoms with Gasteiger partial charge in [-0.25, -0.2) is 4.39 Å². The van der Waals surface area contributed by atoms with Gasteiger partial charge in [0, 0.05) is 38.3 Å². The monoisotopic (exact) mass is 378 g/mol. The van der Waals surface area contributed by atoms with Crippen LogP contribution >= 0.6 is 0 Å². The molecule has 4 rings (SSSR count). The molecule has 5 heteroatoms. The lowest BCUT2D eigenvalue weighted by Gasteiger charge is -2.34. The van der Waals surface area contributed by atoms with Crippen LogP contribution in [0.2, 0.25) is 0 Å². The number of nitrogens with zero attached hydrogens (tertiary/aromatic N) is 2. The molecule has 144 valence electrons. The van der Waals surface area contributed by atoms with Gasteiger partial charge in [-0.05, 0) is 48.9 Å². The molecular formula is C23H23FN2O2. The van der Waals surface area contributed by atoms with Crippen LogP contribution in [0.4, 0.5) is 4.39 Å². The summed E-state index contributed by atoms with van der Waals surface area (Å²) >= 11 is 0. The number of aryl methyl sites for hydroxylation is 1. The van der Waals surface area contributed by atoms with E-state index >= 15 is 0 Å². The van der Waals surface area contributed by atoms with E-state index in [1.165, 1.54) is 23.3 Å². The minimum atomic E-state index is -0.296. The Bertz CT molecular complexity index is 957. The number of piperazine rings is 1. The molecule has 2 heterocycles. The zero-order valence-electron chi connectivity index (χ0n) is 15.9. The Kier molecular flexibility index (Phi) is 5.26. The third-order valence-electron chi connectivity index (χ3n) is 5.09. The standard InChI is InChI=1S/C23H23FN2O2/c1-17-3-2-4-18(15-17)16-25-11-13-26(14-12-25)23(27)22-10-9-21(28-22)19-5-7-20(24)8-6-19/h2-10,15H,11-14,16H2,1H3. The highest BCUT2D eigenvalue weighted by Crippen LogP contribution is 2.23. The summed E-state index contributed by atoms with van der Waals surface area (Å²) in [5.74, 6) is 0.506. The maximum atomic E-state index is 13.1. The van der Waals surface area contributed by atoms with E-state index in [1.807, 2.05) is 4.90 Å². The molecule has 28 heavy (non-hydrogen) atoms. The van der Waals surface area contributed by atoms with Crippen LogP contribution in [0.5, 0.6) is 0 Å². The molecule has 4 nitrogen and oxygen atoms in total. The molecule has 3 aromatic rings. The van der Waals surface area contributed by atoms with Crippen LogP contribution in [-0.4, -0.2) is 41.9 Å². The van der Waals surface area contributed by atoms with Crippen LogP contribution in [0.1, 0.15) is 21.7 Å². The van der Waals surface area contributed by atoms with Crippen molar-refractivity contribution in [1.29, 1.82) is 0 Å². The Morgan fingerprint density at radius 1 is 1.00 bits per heavy atom. The van der Waals surface area contributed by atoms with E-state index in [-0.39, 0.29) is 11.7 Å². The number of carbonyl (C=O) groups excluding carboxylic acids is 1. The smallest absolute Gasteiger partial charge is 0.289 e. The fourth-order valence-electron chi connectivity index (χ4n) is 3.56. The molecular weight excluding hydrogens is 355 g/mol. The molecule has 1 aliphatic rings. The first-order chi connectivity index (χ1) is 13.6. The minimum absolute atomic E-state index is 0.0939. The number of benzene rings is 2. The first-order valence-electron chi connectivity index (χ1n) is 9.51. The van der Waals surface area contributed by atoms with Gasteiger partial charge in [0.2, 0.25) is 0 Å². The van der Waals surface area contributed by atoms with Crippen molar-refractivity contribution in [2.75, 3.05) is 26.2 Å². The molecule has 0 aliphatic carbocycles. The van der Waals surface area contributed by atoms with E-state index in [0.29, 0.717) is 24.6 Å². The van der Waals surface area contributed by atoms with Crippen LogP contribution in [0, 0.1) is 12.7 Å². The lowest BCUT2D eigenvalue weighted by molar-refractivity contribution is 0.0598. The van der Waals surface area contributed by atoms with Crippen LogP contribution in [0.25, 0.3) is 11.3 Å². The Balaban J connectivity index is 1.36. The maximum absolute atomic E-state index is 13.1. The molecule has 0 radical (unpaired) electrons. The Morgan fingerprint density at radius 3 is 2.46 bits per heavy atom. The first-order valence-corrected chi connectivity index (χ1v) is 9.51. The van der Waals surface area contributed by atoms with Gasteiger partial charge in [-0.15, -0.1) is 0 Å². The topological polar surface area (TPSA) is 36.7 Å². The molecule has 1 aliphatic heterocycles. The summed E-state index contributed by atoms with van der Waals surface area (Å²) in [6.07, 6.45) is 0. The second-order valence-electron chi connectivity index (χ2n) is 7.23. The summed E-state index contributed by atoms with van der Waals surface area (Å²) in [4.78, 5) is 17.0. The van der Waals surface area contributed by atoms with Gasteiger partial charge in [-0.1, -0.05) is 29.8 Å². The SMILES string of the molecule is Cc1cccc(CN2CCN(C(=O)c3ccc(-c4ccc(F)cc4)o3)CC2)c1. The fraction of sp³-hybridized carbons (Fsp3) is 0.261. The molecule has 2 aromatic carbocycles. The zero-order chi connectivity index (χ0) is 19.5. The van der Waals surface area contributed by atoms with Crippen molar-refractivity contribution < 1.29 is 13.6 Å². The Morgan fingerprint density at radius 2 is 1.75 bits per heavy atom. The predicted molar refractivity (Wildman–Crippen MR) is 106 cm³/mol. The van der Waals surface area contributed by atoms with E-state index in [4.69, 9.17) is 4.42 Å². The van der Waals surface area contributed by atoms with Gasteiger partial charge >= 0.3 is 0 Å². The van der Waals surface area contributed by atoms with E-state index in [1.54, 1.807) is 24.3 Å². The van der Waals surface area contributed by atoms with Crippen molar-refractivity contribution in [2.45, 2.75) is 13.5 Å². The number of rotatable bonds is 4. The number of halogens is 1. The lowest BCUT2D eigenvalue weighted by atomic mass is 10.1. The third kappa shape index (κ3) is 4.15. The summed E-state index contributed by atoms with van der Waals surface area (Å²) in [5, 5.41) is 0. The number of furan rings is 1. The largest absolute Gasteiger partial charge is 0.451 e. The predicted octanol–water partition coefficient (Wildman–Crippen LogP) is 4.35. The number of hydrogen-bond donors (Lipinski definition) is 0. The van der Waals surface area contributed by atoms with Gasteiger partial charge in [-0.2, -0.15) is 0 Å². The molecule has 1 saturated heterocycles. The first kappa shape index (κ1) is 18.4. The van der Waals surface area contributed by atoms with E-state index in [0.717, 1.165) is 25.2 Å². The second kappa shape index (κ2) is 7.98. The molecule has 0 atom stereocenters. The summed E-state index contributed by atoms with van der Waals surface area (Å²) in [6.45, 7) is 6.04. The summed E-state index contributed by atoms with van der Waals surface area (Å²) in [5.41, 5.74) is 3.32. The number of hydrogen-bond acceptors (Lipinski definition) is 3. The second-order valence-corrected chi connectivity index (χ2v) is 7.23. The van der Waals surface area contributed by atoms with Crippen molar-refractivity contribution in [3.8, 4) is 11.3 Å². The molecule has 0 spiro atoms. The number of carbonyl (C=O) groups is 1. The fourth-order valence-corrected chi connectivity index (χ4v) is 3.56. The zero-order valence-corrected chi connectivity index (χ0v) is 15.9. The third-order valence-corrected chi connectivity index (χ3v) is 5.09. The summed E-state index contributed by atoms with van der Waals surface area (Å²) < 4.78 is 18.8. The molecule has 1 fully saturated rings. The molecule has 0 unspecified atom stereocenters. The maximum Gasteiger partial charge on any atom is 0.289 e. The van der Waals surface area contributed by atoms with Gasteiger partial charge < -0.3 is 9.32 Å². The minimum Gasteiger partial charge on any atom is -0.451 e. The normalized spacial score (nSPS) is 15.0. The summed E-state index contributed by atoms with van der Waals surface area (Å²) in [6, 6.07) is 18.0. The molecule has 0 N–H and O–H groups in total. The van der Waals surface area contributed by atoms with Crippen LogP contribution in [0.3, 0.4) is 0 Å². The van der Waals surface area contributed by atoms with Gasteiger partial charge in [0.1, 0.15) is 11.6 Å². The Hall–Kier alpha value is -2.92. The quantitative estimate of drug-likeness (QED) is 0.677. The average Bonchev–Trinajstić information content (AvgIpc) is 3.19. The van der Waals surface area contributed by atoms with Crippen molar-refractivity contribution in [3.63, 3.8) is 0 Å². The highest BCUT2D eigenvalue weighted by atomic mass is 19.1.